The molecular formula is C14H11F3N2O. The highest BCUT2D eigenvalue weighted by Crippen LogP contribution is 2.21. The minimum absolute atomic E-state index is 0.332. The van der Waals surface area contributed by atoms with Gasteiger partial charge in [0.25, 0.3) is 5.91 Å². The number of aryl methyl sites for hydroxylation is 1. The van der Waals surface area contributed by atoms with E-state index in [1.54, 1.807) is 19.1 Å². The second-order valence-electron chi connectivity index (χ2n) is 4.27. The summed E-state index contributed by atoms with van der Waals surface area (Å²) < 4.78 is 39.7. The molecule has 2 rings (SSSR count). The number of carbonyl (C=O) groups excluding carboxylic acids is 1. The van der Waals surface area contributed by atoms with Gasteiger partial charge in [-0.2, -0.15) is 0 Å². The van der Waals surface area contributed by atoms with Gasteiger partial charge in [0.1, 0.15) is 23.0 Å². The SMILES string of the molecule is Cc1ccc(N)cc1NC(=O)c1c(F)cc(F)cc1F. The Morgan fingerprint density at radius 2 is 1.70 bits per heavy atom. The molecule has 0 aromatic heterocycles. The van der Waals surface area contributed by atoms with Gasteiger partial charge in [0.15, 0.2) is 0 Å². The van der Waals surface area contributed by atoms with Crippen LogP contribution in [0.4, 0.5) is 24.5 Å². The number of benzene rings is 2. The zero-order valence-electron chi connectivity index (χ0n) is 10.5. The Labute approximate surface area is 113 Å². The van der Waals surface area contributed by atoms with Crippen LogP contribution in [0.2, 0.25) is 0 Å². The second kappa shape index (κ2) is 5.24. The quantitative estimate of drug-likeness (QED) is 0.830. The normalized spacial score (nSPS) is 10.4. The molecule has 0 bridgehead atoms. The molecule has 0 aliphatic rings. The van der Waals surface area contributed by atoms with E-state index in [0.29, 0.717) is 29.1 Å². The Balaban J connectivity index is 2.36. The number of hydrogen-bond acceptors (Lipinski definition) is 2. The number of hydrogen-bond donors (Lipinski definition) is 2. The summed E-state index contributed by atoms with van der Waals surface area (Å²) >= 11 is 0. The van der Waals surface area contributed by atoms with Crippen LogP contribution in [-0.2, 0) is 0 Å². The molecule has 0 aliphatic carbocycles. The van der Waals surface area contributed by atoms with E-state index in [-0.39, 0.29) is 0 Å². The molecule has 2 aromatic rings. The average Bonchev–Trinajstić information content (AvgIpc) is 2.32. The molecule has 0 saturated carbocycles. The van der Waals surface area contributed by atoms with Gasteiger partial charge in [-0.15, -0.1) is 0 Å². The molecule has 1 amide bonds. The van der Waals surface area contributed by atoms with E-state index in [9.17, 15) is 18.0 Å². The third kappa shape index (κ3) is 2.74. The Hall–Kier alpha value is -2.50. The van der Waals surface area contributed by atoms with Gasteiger partial charge in [-0.3, -0.25) is 4.79 Å². The van der Waals surface area contributed by atoms with Crippen LogP contribution in [0.1, 0.15) is 15.9 Å². The van der Waals surface area contributed by atoms with E-state index in [1.165, 1.54) is 6.07 Å². The zero-order valence-corrected chi connectivity index (χ0v) is 10.5. The predicted octanol–water partition coefficient (Wildman–Crippen LogP) is 3.25. The van der Waals surface area contributed by atoms with Crippen LogP contribution >= 0.6 is 0 Å². The van der Waals surface area contributed by atoms with Crippen LogP contribution in [0.15, 0.2) is 30.3 Å². The molecule has 0 aliphatic heterocycles. The fourth-order valence-corrected chi connectivity index (χ4v) is 1.72. The third-order valence-electron chi connectivity index (χ3n) is 2.74. The smallest absolute Gasteiger partial charge is 0.261 e. The largest absolute Gasteiger partial charge is 0.399 e. The first kappa shape index (κ1) is 13.9. The van der Waals surface area contributed by atoms with Gasteiger partial charge in [0.05, 0.1) is 0 Å². The number of nitrogens with one attached hydrogen (secondary N) is 1. The van der Waals surface area contributed by atoms with Gasteiger partial charge in [-0.05, 0) is 24.6 Å². The first-order valence-electron chi connectivity index (χ1n) is 5.70. The Bertz CT molecular complexity index is 663. The van der Waals surface area contributed by atoms with E-state index >= 15 is 0 Å². The highest BCUT2D eigenvalue weighted by molar-refractivity contribution is 6.05. The number of amides is 1. The first-order valence-corrected chi connectivity index (χ1v) is 5.70. The number of nitrogens with two attached hydrogens (primary N) is 1. The summed E-state index contributed by atoms with van der Waals surface area (Å²) in [5.74, 6) is -4.62. The van der Waals surface area contributed by atoms with Crippen molar-refractivity contribution in [2.75, 3.05) is 11.1 Å². The highest BCUT2D eigenvalue weighted by Gasteiger charge is 2.19. The lowest BCUT2D eigenvalue weighted by molar-refractivity contribution is 0.101. The predicted molar refractivity (Wildman–Crippen MR) is 69.9 cm³/mol. The van der Waals surface area contributed by atoms with Crippen molar-refractivity contribution in [1.29, 1.82) is 0 Å². The van der Waals surface area contributed by atoms with Crippen molar-refractivity contribution >= 4 is 17.3 Å². The summed E-state index contributed by atoms with van der Waals surface area (Å²) in [6.45, 7) is 1.70. The van der Waals surface area contributed by atoms with Crippen molar-refractivity contribution in [2.45, 2.75) is 6.92 Å². The van der Waals surface area contributed by atoms with Gasteiger partial charge in [-0.1, -0.05) is 6.07 Å². The minimum Gasteiger partial charge on any atom is -0.399 e. The van der Waals surface area contributed by atoms with Gasteiger partial charge in [-0.25, -0.2) is 13.2 Å². The molecule has 3 N–H and O–H groups in total. The fourth-order valence-electron chi connectivity index (χ4n) is 1.72. The molecule has 2 aromatic carbocycles. The molecule has 3 nitrogen and oxygen atoms in total. The molecule has 0 atom stereocenters. The maximum atomic E-state index is 13.5. The molecule has 0 saturated heterocycles. The highest BCUT2D eigenvalue weighted by atomic mass is 19.1. The Morgan fingerprint density at radius 3 is 2.30 bits per heavy atom. The topological polar surface area (TPSA) is 55.1 Å². The van der Waals surface area contributed by atoms with Gasteiger partial charge < -0.3 is 11.1 Å². The van der Waals surface area contributed by atoms with Crippen LogP contribution in [0, 0.1) is 24.4 Å². The van der Waals surface area contributed by atoms with Gasteiger partial charge in [0, 0.05) is 23.5 Å². The van der Waals surface area contributed by atoms with Gasteiger partial charge in [0.2, 0.25) is 0 Å². The van der Waals surface area contributed by atoms with Crippen LogP contribution in [0.5, 0.6) is 0 Å². The maximum absolute atomic E-state index is 13.5. The third-order valence-corrected chi connectivity index (χ3v) is 2.74. The number of carbonyl (C=O) groups is 1. The van der Waals surface area contributed by atoms with Crippen LogP contribution in [-0.4, -0.2) is 5.91 Å². The summed E-state index contributed by atoms with van der Waals surface area (Å²) in [5, 5.41) is 2.35. The summed E-state index contributed by atoms with van der Waals surface area (Å²) in [5.41, 5.74) is 6.14. The monoisotopic (exact) mass is 280 g/mol. The van der Waals surface area contributed by atoms with E-state index in [4.69, 9.17) is 5.73 Å². The van der Waals surface area contributed by atoms with Crippen molar-refractivity contribution in [3.05, 3.63) is 58.9 Å². The molecule has 0 fully saturated rings. The molecule has 0 heterocycles. The van der Waals surface area contributed by atoms with E-state index < -0.39 is 28.9 Å². The molecular weight excluding hydrogens is 269 g/mol. The lowest BCUT2D eigenvalue weighted by Crippen LogP contribution is -2.17. The minimum atomic E-state index is -1.26. The molecule has 104 valence electrons. The molecule has 20 heavy (non-hydrogen) atoms. The zero-order chi connectivity index (χ0) is 14.9. The Kier molecular flexibility index (Phi) is 3.65. The first-order chi connectivity index (χ1) is 9.38. The fraction of sp³-hybridized carbons (Fsp3) is 0.0714. The van der Waals surface area contributed by atoms with Crippen molar-refractivity contribution in [2.24, 2.45) is 0 Å². The van der Waals surface area contributed by atoms with Crippen molar-refractivity contribution < 1.29 is 18.0 Å². The number of halogens is 3. The lowest BCUT2D eigenvalue weighted by Gasteiger charge is -2.10. The summed E-state index contributed by atoms with van der Waals surface area (Å²) in [7, 11) is 0. The maximum Gasteiger partial charge on any atom is 0.261 e. The number of anilines is 2. The van der Waals surface area contributed by atoms with Gasteiger partial charge >= 0.3 is 0 Å². The molecule has 0 spiro atoms. The summed E-state index contributed by atoms with van der Waals surface area (Å²) in [6.07, 6.45) is 0. The Morgan fingerprint density at radius 1 is 1.10 bits per heavy atom. The van der Waals surface area contributed by atoms with Crippen molar-refractivity contribution in [3.8, 4) is 0 Å². The standard InChI is InChI=1S/C14H11F3N2O/c1-7-2-3-9(18)6-12(7)19-14(20)13-10(16)4-8(15)5-11(13)17/h2-6H,18H2,1H3,(H,19,20). The van der Waals surface area contributed by atoms with E-state index in [2.05, 4.69) is 5.32 Å². The van der Waals surface area contributed by atoms with Crippen molar-refractivity contribution in [1.82, 2.24) is 0 Å². The average molecular weight is 280 g/mol. The van der Waals surface area contributed by atoms with Crippen molar-refractivity contribution in [3.63, 3.8) is 0 Å². The van der Waals surface area contributed by atoms with Crippen LogP contribution in [0.25, 0.3) is 0 Å². The van der Waals surface area contributed by atoms with E-state index in [1.807, 2.05) is 0 Å². The number of rotatable bonds is 2. The van der Waals surface area contributed by atoms with Crippen LogP contribution in [0.3, 0.4) is 0 Å². The molecule has 6 heteroatoms. The van der Waals surface area contributed by atoms with Crippen LogP contribution < -0.4 is 11.1 Å². The summed E-state index contributed by atoms with van der Waals surface area (Å²) in [6, 6.07) is 5.65. The molecule has 0 radical (unpaired) electrons. The second-order valence-corrected chi connectivity index (χ2v) is 4.27. The lowest BCUT2D eigenvalue weighted by atomic mass is 10.1. The van der Waals surface area contributed by atoms with E-state index in [0.717, 1.165) is 0 Å². The number of nitrogen functional groups attached to an aromatic ring is 1. The molecule has 0 unspecified atom stereocenters. The summed E-state index contributed by atoms with van der Waals surface area (Å²) in [4.78, 5) is 11.9.